The second-order valence-electron chi connectivity index (χ2n) is 10.5. The van der Waals surface area contributed by atoms with Crippen molar-refractivity contribution in [1.29, 1.82) is 0 Å². The summed E-state index contributed by atoms with van der Waals surface area (Å²) < 4.78 is 11.8. The minimum absolute atomic E-state index is 0.0264. The molecular formula is C31H33NO4. The molecule has 2 aliphatic heterocycles. The van der Waals surface area contributed by atoms with Crippen LogP contribution in [0.3, 0.4) is 0 Å². The van der Waals surface area contributed by atoms with Gasteiger partial charge in [0.25, 0.3) is 0 Å². The zero-order valence-corrected chi connectivity index (χ0v) is 20.5. The molecule has 186 valence electrons. The lowest BCUT2D eigenvalue weighted by molar-refractivity contribution is -0.0679. The van der Waals surface area contributed by atoms with E-state index in [4.69, 9.17) is 9.47 Å². The predicted octanol–water partition coefficient (Wildman–Crippen LogP) is 5.90. The third-order valence-corrected chi connectivity index (χ3v) is 8.22. The Morgan fingerprint density at radius 1 is 0.861 bits per heavy atom. The molecule has 2 unspecified atom stereocenters. The summed E-state index contributed by atoms with van der Waals surface area (Å²) in [6.07, 6.45) is 3.35. The fraction of sp³-hybridized carbons (Fsp3) is 0.387. The third-order valence-electron chi connectivity index (χ3n) is 8.22. The number of ether oxygens (including phenoxy) is 2. The van der Waals surface area contributed by atoms with E-state index in [0.717, 1.165) is 18.4 Å². The van der Waals surface area contributed by atoms with E-state index in [1.165, 1.54) is 22.3 Å². The maximum absolute atomic E-state index is 13.3. The Bertz CT molecular complexity index is 1170. The fourth-order valence-corrected chi connectivity index (χ4v) is 6.52. The van der Waals surface area contributed by atoms with Gasteiger partial charge in [0.1, 0.15) is 6.61 Å². The SMILES string of the molecule is O=C(OCC1c2ccccc2-c2ccccc21)N1C2CCC1CC(O)(CCOCc1ccccc1)C2. The first-order valence-corrected chi connectivity index (χ1v) is 13.1. The maximum atomic E-state index is 13.3. The Morgan fingerprint density at radius 2 is 1.44 bits per heavy atom. The van der Waals surface area contributed by atoms with Crippen molar-refractivity contribution in [3.63, 3.8) is 0 Å². The molecule has 0 radical (unpaired) electrons. The van der Waals surface area contributed by atoms with Crippen molar-refractivity contribution in [2.75, 3.05) is 13.2 Å². The van der Waals surface area contributed by atoms with Gasteiger partial charge in [-0.05, 0) is 59.9 Å². The molecule has 5 nitrogen and oxygen atoms in total. The summed E-state index contributed by atoms with van der Waals surface area (Å²) in [6, 6.07) is 26.9. The second kappa shape index (κ2) is 9.72. The van der Waals surface area contributed by atoms with E-state index in [1.807, 2.05) is 35.2 Å². The number of benzene rings is 3. The van der Waals surface area contributed by atoms with Crippen LogP contribution in [0.15, 0.2) is 78.9 Å². The largest absolute Gasteiger partial charge is 0.448 e. The van der Waals surface area contributed by atoms with Crippen LogP contribution in [0.4, 0.5) is 4.79 Å². The van der Waals surface area contributed by atoms with Gasteiger partial charge in [-0.15, -0.1) is 0 Å². The van der Waals surface area contributed by atoms with Gasteiger partial charge in [0, 0.05) is 24.6 Å². The van der Waals surface area contributed by atoms with Crippen LogP contribution in [-0.2, 0) is 16.1 Å². The number of hydrogen-bond donors (Lipinski definition) is 1. The van der Waals surface area contributed by atoms with Gasteiger partial charge >= 0.3 is 6.09 Å². The van der Waals surface area contributed by atoms with Gasteiger partial charge < -0.3 is 19.5 Å². The molecule has 0 spiro atoms. The standard InChI is InChI=1S/C31H33NO4/c33-30(36-21-29-27-12-6-4-10-25(27)26-11-5-7-13-28(26)29)32-23-14-15-24(32)19-31(34,18-23)16-17-35-20-22-8-2-1-3-9-22/h1-13,23-24,29,34H,14-21H2. The lowest BCUT2D eigenvalue weighted by atomic mass is 9.84. The van der Waals surface area contributed by atoms with Gasteiger partial charge in [0.15, 0.2) is 0 Å². The average Bonchev–Trinajstić information content (AvgIpc) is 3.38. The minimum Gasteiger partial charge on any atom is -0.448 e. The van der Waals surface area contributed by atoms with Crippen molar-refractivity contribution in [3.05, 3.63) is 95.6 Å². The summed E-state index contributed by atoms with van der Waals surface area (Å²) in [5, 5.41) is 11.3. The number of carbonyl (C=O) groups is 1. The lowest BCUT2D eigenvalue weighted by Crippen LogP contribution is -2.53. The van der Waals surface area contributed by atoms with Crippen LogP contribution in [0.1, 0.15) is 54.7 Å². The monoisotopic (exact) mass is 483 g/mol. The van der Waals surface area contributed by atoms with Gasteiger partial charge in [0.05, 0.1) is 12.2 Å². The molecule has 6 rings (SSSR count). The molecule has 2 bridgehead atoms. The predicted molar refractivity (Wildman–Crippen MR) is 139 cm³/mol. The molecule has 3 aromatic rings. The summed E-state index contributed by atoms with van der Waals surface area (Å²) in [4.78, 5) is 15.2. The second-order valence-corrected chi connectivity index (χ2v) is 10.5. The molecule has 0 aromatic heterocycles. The number of aliphatic hydroxyl groups is 1. The topological polar surface area (TPSA) is 59.0 Å². The van der Waals surface area contributed by atoms with E-state index in [2.05, 4.69) is 48.5 Å². The molecule has 1 aliphatic carbocycles. The van der Waals surface area contributed by atoms with E-state index in [9.17, 15) is 9.90 Å². The summed E-state index contributed by atoms with van der Waals surface area (Å²) in [5.41, 5.74) is 5.24. The summed E-state index contributed by atoms with van der Waals surface area (Å²) in [7, 11) is 0. The maximum Gasteiger partial charge on any atom is 0.410 e. The van der Waals surface area contributed by atoms with Crippen molar-refractivity contribution in [3.8, 4) is 11.1 Å². The molecule has 1 N–H and O–H groups in total. The van der Waals surface area contributed by atoms with Crippen molar-refractivity contribution < 1.29 is 19.4 Å². The Labute approximate surface area is 212 Å². The smallest absolute Gasteiger partial charge is 0.410 e. The first-order chi connectivity index (χ1) is 17.6. The fourth-order valence-electron chi connectivity index (χ4n) is 6.52. The number of rotatable bonds is 7. The van der Waals surface area contributed by atoms with E-state index in [0.29, 0.717) is 39.1 Å². The molecule has 2 fully saturated rings. The molecular weight excluding hydrogens is 450 g/mol. The van der Waals surface area contributed by atoms with Crippen LogP contribution in [0, 0.1) is 0 Å². The summed E-state index contributed by atoms with van der Waals surface area (Å²) >= 11 is 0. The van der Waals surface area contributed by atoms with Gasteiger partial charge in [-0.2, -0.15) is 0 Å². The quantitative estimate of drug-likeness (QED) is 0.425. The van der Waals surface area contributed by atoms with E-state index >= 15 is 0 Å². The van der Waals surface area contributed by atoms with Gasteiger partial charge in [-0.3, -0.25) is 0 Å². The summed E-state index contributed by atoms with van der Waals surface area (Å²) in [5.74, 6) is 0.0579. The van der Waals surface area contributed by atoms with Crippen LogP contribution < -0.4 is 0 Å². The van der Waals surface area contributed by atoms with Crippen molar-refractivity contribution in [2.24, 2.45) is 0 Å². The summed E-state index contributed by atoms with van der Waals surface area (Å²) in [6.45, 7) is 1.39. The van der Waals surface area contributed by atoms with Crippen LogP contribution >= 0.6 is 0 Å². The molecule has 2 heterocycles. The normalized spacial score (nSPS) is 24.4. The molecule has 2 saturated heterocycles. The Kier molecular flexibility index (Phi) is 6.28. The van der Waals surface area contributed by atoms with E-state index in [1.54, 1.807) is 0 Å². The van der Waals surface area contributed by atoms with E-state index in [-0.39, 0.29) is 24.1 Å². The molecule has 36 heavy (non-hydrogen) atoms. The number of piperidine rings is 1. The zero-order chi connectivity index (χ0) is 24.5. The highest BCUT2D eigenvalue weighted by Crippen LogP contribution is 2.46. The Balaban J connectivity index is 1.05. The van der Waals surface area contributed by atoms with Crippen LogP contribution in [0.2, 0.25) is 0 Å². The van der Waals surface area contributed by atoms with Crippen molar-refractivity contribution in [2.45, 2.75) is 62.3 Å². The molecule has 3 aromatic carbocycles. The Hall–Kier alpha value is -3.15. The highest BCUT2D eigenvalue weighted by atomic mass is 16.6. The van der Waals surface area contributed by atoms with Gasteiger partial charge in [0.2, 0.25) is 0 Å². The van der Waals surface area contributed by atoms with Crippen LogP contribution in [0.5, 0.6) is 0 Å². The van der Waals surface area contributed by atoms with Gasteiger partial charge in [-0.1, -0.05) is 78.9 Å². The third kappa shape index (κ3) is 4.42. The van der Waals surface area contributed by atoms with E-state index < -0.39 is 5.60 Å². The van der Waals surface area contributed by atoms with Crippen molar-refractivity contribution in [1.82, 2.24) is 4.90 Å². The molecule has 2 atom stereocenters. The van der Waals surface area contributed by atoms with Gasteiger partial charge in [-0.25, -0.2) is 4.79 Å². The average molecular weight is 484 g/mol. The Morgan fingerprint density at radius 3 is 2.08 bits per heavy atom. The molecule has 3 aliphatic rings. The number of carbonyl (C=O) groups excluding carboxylic acids is 1. The molecule has 5 heteroatoms. The minimum atomic E-state index is -0.789. The first kappa shape index (κ1) is 23.3. The number of hydrogen-bond acceptors (Lipinski definition) is 4. The zero-order valence-electron chi connectivity index (χ0n) is 20.5. The number of fused-ring (bicyclic) bond motifs is 5. The number of nitrogens with zero attached hydrogens (tertiary/aromatic N) is 1. The van der Waals surface area contributed by atoms with Crippen molar-refractivity contribution >= 4 is 6.09 Å². The molecule has 0 saturated carbocycles. The highest BCUT2D eigenvalue weighted by Gasteiger charge is 2.49. The first-order valence-electron chi connectivity index (χ1n) is 13.1. The molecule has 1 amide bonds. The number of amides is 1. The lowest BCUT2D eigenvalue weighted by Gasteiger charge is -2.43. The van der Waals surface area contributed by atoms with Crippen LogP contribution in [-0.4, -0.2) is 47.0 Å². The highest BCUT2D eigenvalue weighted by molar-refractivity contribution is 5.79. The van der Waals surface area contributed by atoms with Crippen LogP contribution in [0.25, 0.3) is 11.1 Å².